The molecule has 1 atom stereocenters. The van der Waals surface area contributed by atoms with Crippen LogP contribution in [0.1, 0.15) is 213 Å². The average Bonchev–Trinajstić information content (AvgIpc) is 3.07. The fourth-order valence-electron chi connectivity index (χ4n) is 5.96. The number of rotatable bonds is 38. The molecule has 0 bridgehead atoms. The standard InChI is InChI=1S/C40H77O8P/c1-3-5-7-9-11-13-15-17-18-19-20-21-22-23-25-26-28-30-32-34-39(41)46-36-38(37-47-49(43,44)45)48-40(42)35-33-31-29-27-24-16-14-12-10-8-6-4-2/h12,14,38H,3-11,13,15-37H2,1-2H3,(H2,43,44,45)/b14-12+/t38-/m1/s1. The molecule has 0 aromatic heterocycles. The van der Waals surface area contributed by atoms with Crippen LogP contribution in [-0.4, -0.2) is 41.0 Å². The molecule has 0 fully saturated rings. The number of hydrogen-bond acceptors (Lipinski definition) is 6. The van der Waals surface area contributed by atoms with Crippen LogP contribution < -0.4 is 0 Å². The summed E-state index contributed by atoms with van der Waals surface area (Å²) in [5.41, 5.74) is 0. The molecule has 0 saturated carbocycles. The first-order chi connectivity index (χ1) is 23.8. The summed E-state index contributed by atoms with van der Waals surface area (Å²) in [6.45, 7) is 3.67. The second-order valence-corrected chi connectivity index (χ2v) is 15.2. The van der Waals surface area contributed by atoms with E-state index in [1.54, 1.807) is 0 Å². The Morgan fingerprint density at radius 2 is 0.857 bits per heavy atom. The van der Waals surface area contributed by atoms with E-state index < -0.39 is 32.5 Å². The molecule has 9 heteroatoms. The third-order valence-electron chi connectivity index (χ3n) is 9.03. The van der Waals surface area contributed by atoms with Crippen molar-refractivity contribution in [1.82, 2.24) is 0 Å². The molecule has 0 aromatic carbocycles. The maximum absolute atomic E-state index is 12.3. The number of carbonyl (C=O) groups excluding carboxylic acids is 2. The summed E-state index contributed by atoms with van der Waals surface area (Å²) >= 11 is 0. The summed E-state index contributed by atoms with van der Waals surface area (Å²) < 4.78 is 26.3. The van der Waals surface area contributed by atoms with Crippen LogP contribution >= 0.6 is 7.82 Å². The second kappa shape index (κ2) is 36.6. The van der Waals surface area contributed by atoms with Crippen molar-refractivity contribution in [3.8, 4) is 0 Å². The highest BCUT2D eigenvalue weighted by Gasteiger charge is 2.22. The molecule has 0 aliphatic heterocycles. The van der Waals surface area contributed by atoms with Gasteiger partial charge in [0.05, 0.1) is 6.61 Å². The molecule has 0 spiro atoms. The zero-order valence-electron chi connectivity index (χ0n) is 31.9. The highest BCUT2D eigenvalue weighted by molar-refractivity contribution is 7.46. The van der Waals surface area contributed by atoms with Gasteiger partial charge in [-0.15, -0.1) is 0 Å². The molecule has 0 aliphatic rings. The molecular weight excluding hydrogens is 639 g/mol. The molecule has 0 heterocycles. The molecule has 8 nitrogen and oxygen atoms in total. The fraction of sp³-hybridized carbons (Fsp3) is 0.900. The minimum Gasteiger partial charge on any atom is -0.462 e. The van der Waals surface area contributed by atoms with E-state index in [1.165, 1.54) is 122 Å². The van der Waals surface area contributed by atoms with Crippen molar-refractivity contribution in [2.45, 2.75) is 219 Å². The van der Waals surface area contributed by atoms with Crippen molar-refractivity contribution >= 4 is 19.8 Å². The first kappa shape index (κ1) is 47.8. The normalized spacial score (nSPS) is 12.5. The average molecular weight is 717 g/mol. The number of phosphoric acid groups is 1. The molecule has 290 valence electrons. The van der Waals surface area contributed by atoms with Crippen molar-refractivity contribution < 1.29 is 37.9 Å². The van der Waals surface area contributed by atoms with E-state index in [-0.39, 0.29) is 19.4 Å². The molecule has 49 heavy (non-hydrogen) atoms. The van der Waals surface area contributed by atoms with Crippen LogP contribution in [0.3, 0.4) is 0 Å². The van der Waals surface area contributed by atoms with E-state index in [1.807, 2.05) is 0 Å². The number of esters is 2. The zero-order chi connectivity index (χ0) is 36.1. The van der Waals surface area contributed by atoms with Crippen molar-refractivity contribution in [2.75, 3.05) is 13.2 Å². The van der Waals surface area contributed by atoms with Crippen LogP contribution in [0.25, 0.3) is 0 Å². The molecule has 0 amide bonds. The van der Waals surface area contributed by atoms with Crippen LogP contribution in [0.5, 0.6) is 0 Å². The smallest absolute Gasteiger partial charge is 0.462 e. The number of phosphoric ester groups is 1. The van der Waals surface area contributed by atoms with Crippen LogP contribution in [0, 0.1) is 0 Å². The molecule has 2 N–H and O–H groups in total. The first-order valence-electron chi connectivity index (χ1n) is 20.5. The summed E-state index contributed by atoms with van der Waals surface area (Å²) in [6, 6.07) is 0. The van der Waals surface area contributed by atoms with Gasteiger partial charge in [-0.05, 0) is 38.5 Å². The summed E-state index contributed by atoms with van der Waals surface area (Å²) in [5, 5.41) is 0. The molecule has 0 aromatic rings. The molecule has 0 unspecified atom stereocenters. The Labute approximate surface area is 301 Å². The quantitative estimate of drug-likeness (QED) is 0.0280. The fourth-order valence-corrected chi connectivity index (χ4v) is 6.32. The predicted octanol–water partition coefficient (Wildman–Crippen LogP) is 12.2. The van der Waals surface area contributed by atoms with E-state index in [0.29, 0.717) is 6.42 Å². The maximum atomic E-state index is 12.3. The first-order valence-corrected chi connectivity index (χ1v) is 22.0. The van der Waals surface area contributed by atoms with Crippen molar-refractivity contribution in [3.05, 3.63) is 12.2 Å². The second-order valence-electron chi connectivity index (χ2n) is 14.0. The zero-order valence-corrected chi connectivity index (χ0v) is 32.8. The summed E-state index contributed by atoms with van der Waals surface area (Å²) in [4.78, 5) is 42.7. The number of ether oxygens (including phenoxy) is 2. The lowest BCUT2D eigenvalue weighted by Gasteiger charge is -2.18. The lowest BCUT2D eigenvalue weighted by atomic mass is 10.0. The Kier molecular flexibility index (Phi) is 35.7. The van der Waals surface area contributed by atoms with E-state index >= 15 is 0 Å². The third-order valence-corrected chi connectivity index (χ3v) is 9.52. The predicted molar refractivity (Wildman–Crippen MR) is 202 cm³/mol. The monoisotopic (exact) mass is 717 g/mol. The number of allylic oxidation sites excluding steroid dienone is 2. The van der Waals surface area contributed by atoms with Crippen LogP contribution in [0.2, 0.25) is 0 Å². The Bertz CT molecular complexity index is 812. The molecule has 0 rings (SSSR count). The minimum absolute atomic E-state index is 0.205. The number of carbonyl (C=O) groups is 2. The van der Waals surface area contributed by atoms with Gasteiger partial charge in [0.15, 0.2) is 6.10 Å². The van der Waals surface area contributed by atoms with Crippen LogP contribution in [0.4, 0.5) is 0 Å². The Hall–Kier alpha value is -1.21. The van der Waals surface area contributed by atoms with Crippen molar-refractivity contribution in [2.24, 2.45) is 0 Å². The van der Waals surface area contributed by atoms with E-state index in [9.17, 15) is 14.2 Å². The van der Waals surface area contributed by atoms with Gasteiger partial charge in [0.2, 0.25) is 0 Å². The highest BCUT2D eigenvalue weighted by atomic mass is 31.2. The van der Waals surface area contributed by atoms with Gasteiger partial charge >= 0.3 is 19.8 Å². The van der Waals surface area contributed by atoms with Gasteiger partial charge in [-0.25, -0.2) is 4.57 Å². The summed E-state index contributed by atoms with van der Waals surface area (Å²) in [7, 11) is -4.75. The van der Waals surface area contributed by atoms with Gasteiger partial charge < -0.3 is 19.3 Å². The van der Waals surface area contributed by atoms with Crippen LogP contribution in [0.15, 0.2) is 12.2 Å². The van der Waals surface area contributed by atoms with Gasteiger partial charge in [-0.3, -0.25) is 14.1 Å². The maximum Gasteiger partial charge on any atom is 0.469 e. The Balaban J connectivity index is 3.85. The van der Waals surface area contributed by atoms with Gasteiger partial charge in [0.25, 0.3) is 0 Å². The van der Waals surface area contributed by atoms with Gasteiger partial charge in [-0.1, -0.05) is 174 Å². The lowest BCUT2D eigenvalue weighted by Crippen LogP contribution is -2.29. The molecule has 0 aliphatic carbocycles. The molecule has 0 radical (unpaired) electrons. The summed E-state index contributed by atoms with van der Waals surface area (Å²) in [5.74, 6) is -0.885. The Morgan fingerprint density at radius 1 is 0.510 bits per heavy atom. The molecule has 0 saturated heterocycles. The van der Waals surface area contributed by atoms with E-state index in [4.69, 9.17) is 19.3 Å². The largest absolute Gasteiger partial charge is 0.469 e. The molecular formula is C40H77O8P. The lowest BCUT2D eigenvalue weighted by molar-refractivity contribution is -0.161. The number of hydrogen-bond donors (Lipinski definition) is 2. The van der Waals surface area contributed by atoms with Gasteiger partial charge in [0.1, 0.15) is 6.61 Å². The highest BCUT2D eigenvalue weighted by Crippen LogP contribution is 2.36. The van der Waals surface area contributed by atoms with Gasteiger partial charge in [-0.2, -0.15) is 0 Å². The SMILES string of the molecule is CCCCC/C=C/CCCCCCCC(=O)O[C@H](COC(=O)CCCCCCCCCCCCCCCCCCCCC)COP(=O)(O)O. The summed E-state index contributed by atoms with van der Waals surface area (Å²) in [6.07, 6.45) is 39.4. The third kappa shape index (κ3) is 39.4. The van der Waals surface area contributed by atoms with Crippen LogP contribution in [-0.2, 0) is 28.2 Å². The van der Waals surface area contributed by atoms with Crippen molar-refractivity contribution in [3.63, 3.8) is 0 Å². The topological polar surface area (TPSA) is 119 Å². The van der Waals surface area contributed by atoms with E-state index in [0.717, 1.165) is 57.8 Å². The number of unbranched alkanes of at least 4 members (excludes halogenated alkanes) is 26. The minimum atomic E-state index is -4.75. The van der Waals surface area contributed by atoms with Gasteiger partial charge in [0, 0.05) is 12.8 Å². The Morgan fingerprint density at radius 3 is 1.29 bits per heavy atom. The van der Waals surface area contributed by atoms with E-state index in [2.05, 4.69) is 30.5 Å². The van der Waals surface area contributed by atoms with Crippen molar-refractivity contribution in [1.29, 1.82) is 0 Å².